The van der Waals surface area contributed by atoms with Crippen molar-refractivity contribution in [2.75, 3.05) is 4.90 Å². The molecular weight excluding hydrogens is 719 g/mol. The van der Waals surface area contributed by atoms with Gasteiger partial charge in [-0.25, -0.2) is 0 Å². The number of hydrogen-bond donors (Lipinski definition) is 0. The van der Waals surface area contributed by atoms with Crippen molar-refractivity contribution in [3.8, 4) is 33.4 Å². The van der Waals surface area contributed by atoms with E-state index in [1.165, 1.54) is 16.2 Å². The second-order valence-electron chi connectivity index (χ2n) is 15.2. The molecule has 3 heteroatoms. The third-order valence-electron chi connectivity index (χ3n) is 11.9. The van der Waals surface area contributed by atoms with Gasteiger partial charge in [-0.05, 0) is 52.2 Å². The maximum atomic E-state index is 6.89. The number of rotatable bonds is 6. The molecule has 276 valence electrons. The molecule has 0 aliphatic rings. The van der Waals surface area contributed by atoms with E-state index >= 15 is 0 Å². The second-order valence-corrected chi connectivity index (χ2v) is 15.2. The van der Waals surface area contributed by atoms with Crippen LogP contribution in [-0.2, 0) is 0 Å². The highest BCUT2D eigenvalue weighted by molar-refractivity contribution is 6.18. The third kappa shape index (κ3) is 5.29. The fourth-order valence-electron chi connectivity index (χ4n) is 9.13. The topological polar surface area (TPSA) is 29.5 Å². The van der Waals surface area contributed by atoms with Gasteiger partial charge in [-0.2, -0.15) is 0 Å². The minimum Gasteiger partial charge on any atom is -0.455 e. The lowest BCUT2D eigenvalue weighted by Gasteiger charge is -2.29. The molecule has 2 aromatic heterocycles. The molecule has 0 atom stereocenters. The Morgan fingerprint density at radius 3 is 1.44 bits per heavy atom. The van der Waals surface area contributed by atoms with Crippen molar-refractivity contribution < 1.29 is 8.83 Å². The molecule has 10 aromatic carbocycles. The summed E-state index contributed by atoms with van der Waals surface area (Å²) in [5, 5.41) is 9.09. The number of benzene rings is 10. The second kappa shape index (κ2) is 13.4. The van der Waals surface area contributed by atoms with Crippen LogP contribution in [0.4, 0.5) is 17.1 Å². The van der Waals surface area contributed by atoms with Gasteiger partial charge < -0.3 is 13.7 Å². The zero-order valence-corrected chi connectivity index (χ0v) is 32.0. The first kappa shape index (κ1) is 33.3. The van der Waals surface area contributed by atoms with Crippen LogP contribution in [0.25, 0.3) is 98.8 Å². The molecule has 12 aromatic rings. The molecule has 0 bridgehead atoms. The highest BCUT2D eigenvalue weighted by Gasteiger charge is 2.23. The maximum absolute atomic E-state index is 6.89. The number of hydrogen-bond acceptors (Lipinski definition) is 3. The molecule has 0 saturated carbocycles. The SMILES string of the molecule is c1ccc(-c2cccc3c2oc2c(-c4ccc(N(c5ccccc5-c5cccc6c5oc5c7ccccc7ccc65)c5cccc6ccccc56)cc4)cccc23)cc1. The van der Waals surface area contributed by atoms with Gasteiger partial charge in [0.1, 0.15) is 22.3 Å². The van der Waals surface area contributed by atoms with Gasteiger partial charge in [0.05, 0.1) is 11.4 Å². The van der Waals surface area contributed by atoms with Crippen molar-refractivity contribution in [1.82, 2.24) is 0 Å². The van der Waals surface area contributed by atoms with E-state index in [0.29, 0.717) is 0 Å². The van der Waals surface area contributed by atoms with E-state index in [4.69, 9.17) is 8.83 Å². The molecule has 0 aliphatic heterocycles. The molecule has 0 saturated heterocycles. The molecule has 0 unspecified atom stereocenters. The first-order valence-electron chi connectivity index (χ1n) is 20.1. The van der Waals surface area contributed by atoms with Gasteiger partial charge in [-0.15, -0.1) is 0 Å². The summed E-state index contributed by atoms with van der Waals surface area (Å²) in [6, 6.07) is 75.5. The zero-order chi connectivity index (χ0) is 38.9. The Hall–Kier alpha value is -7.88. The summed E-state index contributed by atoms with van der Waals surface area (Å²) in [5.41, 5.74) is 13.3. The minimum atomic E-state index is 0.883. The van der Waals surface area contributed by atoms with Crippen molar-refractivity contribution in [3.63, 3.8) is 0 Å². The summed E-state index contributed by atoms with van der Waals surface area (Å²) in [6.07, 6.45) is 0. The van der Waals surface area contributed by atoms with Crippen molar-refractivity contribution in [2.45, 2.75) is 0 Å². The standard InChI is InChI=1S/C56H35NO2/c1-2-14-37(15-3-1)43-22-11-25-47-48-26-12-23-44(54(48)58-53(43)47)39-30-33-40(34-31-39)57(51-29-10-18-36-16-4-6-19-41(36)51)52-28-9-8-21-45(52)46-24-13-27-49-50-35-32-38-17-5-7-20-42(38)55(50)59-56(46)49/h1-35H. The maximum Gasteiger partial charge on any atom is 0.143 e. The lowest BCUT2D eigenvalue weighted by molar-refractivity contribution is 0.671. The predicted octanol–water partition coefficient (Wildman–Crippen LogP) is 16.3. The largest absolute Gasteiger partial charge is 0.455 e. The molecule has 0 spiro atoms. The van der Waals surface area contributed by atoms with Gasteiger partial charge in [-0.1, -0.05) is 182 Å². The van der Waals surface area contributed by atoms with Gasteiger partial charge in [0.15, 0.2) is 0 Å². The van der Waals surface area contributed by atoms with E-state index in [1.807, 2.05) is 6.07 Å². The smallest absolute Gasteiger partial charge is 0.143 e. The molecule has 0 radical (unpaired) electrons. The van der Waals surface area contributed by atoms with E-state index in [1.54, 1.807) is 0 Å². The van der Waals surface area contributed by atoms with Crippen molar-refractivity contribution in [3.05, 3.63) is 212 Å². The van der Waals surface area contributed by atoms with Crippen LogP contribution < -0.4 is 4.90 Å². The van der Waals surface area contributed by atoms with Crippen LogP contribution in [0, 0.1) is 0 Å². The fourth-order valence-corrected chi connectivity index (χ4v) is 9.13. The van der Waals surface area contributed by atoms with Crippen LogP contribution >= 0.6 is 0 Å². The highest BCUT2D eigenvalue weighted by Crippen LogP contribution is 2.47. The average molecular weight is 754 g/mol. The summed E-state index contributed by atoms with van der Waals surface area (Å²) in [6.45, 7) is 0. The highest BCUT2D eigenvalue weighted by atomic mass is 16.3. The Morgan fingerprint density at radius 2 is 0.712 bits per heavy atom. The average Bonchev–Trinajstić information content (AvgIpc) is 3.89. The van der Waals surface area contributed by atoms with Crippen LogP contribution in [0.5, 0.6) is 0 Å². The zero-order valence-electron chi connectivity index (χ0n) is 32.0. The number of fused-ring (bicyclic) bond motifs is 9. The number of para-hydroxylation sites is 4. The van der Waals surface area contributed by atoms with Gasteiger partial charge in [0, 0.05) is 60.3 Å². The molecule has 3 nitrogen and oxygen atoms in total. The Balaban J connectivity index is 1.04. The summed E-state index contributed by atoms with van der Waals surface area (Å²) in [5.74, 6) is 0. The van der Waals surface area contributed by atoms with Crippen molar-refractivity contribution in [2.24, 2.45) is 0 Å². The van der Waals surface area contributed by atoms with E-state index in [2.05, 4.69) is 211 Å². The minimum absolute atomic E-state index is 0.883. The van der Waals surface area contributed by atoms with Crippen molar-refractivity contribution in [1.29, 1.82) is 0 Å². The first-order valence-corrected chi connectivity index (χ1v) is 20.1. The van der Waals surface area contributed by atoms with Crippen LogP contribution in [-0.4, -0.2) is 0 Å². The van der Waals surface area contributed by atoms with Gasteiger partial charge in [0.2, 0.25) is 0 Å². The van der Waals surface area contributed by atoms with Gasteiger partial charge in [0.25, 0.3) is 0 Å². The molecule has 0 amide bonds. The quantitative estimate of drug-likeness (QED) is 0.169. The third-order valence-corrected chi connectivity index (χ3v) is 11.9. The summed E-state index contributed by atoms with van der Waals surface area (Å²) >= 11 is 0. The normalized spacial score (nSPS) is 11.7. The van der Waals surface area contributed by atoms with Crippen molar-refractivity contribution >= 4 is 82.5 Å². The fraction of sp³-hybridized carbons (Fsp3) is 0. The lowest BCUT2D eigenvalue weighted by atomic mass is 9.97. The molecular formula is C56H35NO2. The van der Waals surface area contributed by atoms with E-state index < -0.39 is 0 Å². The van der Waals surface area contributed by atoms with Gasteiger partial charge in [-0.3, -0.25) is 0 Å². The molecule has 2 heterocycles. The Morgan fingerprint density at radius 1 is 0.254 bits per heavy atom. The van der Waals surface area contributed by atoms with Gasteiger partial charge >= 0.3 is 0 Å². The first-order chi connectivity index (χ1) is 29.3. The van der Waals surface area contributed by atoms with E-state index in [9.17, 15) is 0 Å². The van der Waals surface area contributed by atoms with Crippen LogP contribution in [0.1, 0.15) is 0 Å². The van der Waals surface area contributed by atoms with Crippen LogP contribution in [0.3, 0.4) is 0 Å². The number of furan rings is 2. The molecule has 0 fully saturated rings. The summed E-state index contributed by atoms with van der Waals surface area (Å²) in [7, 11) is 0. The lowest BCUT2D eigenvalue weighted by Crippen LogP contribution is -2.11. The Bertz CT molecular complexity index is 3550. The van der Waals surface area contributed by atoms with E-state index in [-0.39, 0.29) is 0 Å². The molecule has 59 heavy (non-hydrogen) atoms. The molecule has 0 aliphatic carbocycles. The van der Waals surface area contributed by atoms with E-state index in [0.717, 1.165) is 99.7 Å². The van der Waals surface area contributed by atoms with Crippen LogP contribution in [0.2, 0.25) is 0 Å². The summed E-state index contributed by atoms with van der Waals surface area (Å²) < 4.78 is 13.7. The Kier molecular flexibility index (Phi) is 7.54. The number of anilines is 3. The number of nitrogens with zero attached hydrogens (tertiary/aromatic N) is 1. The van der Waals surface area contributed by atoms with Crippen LogP contribution in [0.15, 0.2) is 221 Å². The molecule has 12 rings (SSSR count). The molecule has 0 N–H and O–H groups in total. The summed E-state index contributed by atoms with van der Waals surface area (Å²) in [4.78, 5) is 2.40. The monoisotopic (exact) mass is 753 g/mol. The predicted molar refractivity (Wildman–Crippen MR) is 247 cm³/mol. The Labute approximate surface area is 340 Å².